The second-order valence-electron chi connectivity index (χ2n) is 6.97. The first-order valence-corrected chi connectivity index (χ1v) is 11.7. The van der Waals surface area contributed by atoms with Gasteiger partial charge >= 0.3 is 0 Å². The molecule has 0 aliphatic carbocycles. The maximum absolute atomic E-state index is 12.7. The van der Waals surface area contributed by atoms with E-state index in [9.17, 15) is 13.2 Å². The van der Waals surface area contributed by atoms with E-state index >= 15 is 0 Å². The Hall–Kier alpha value is -1.90. The lowest BCUT2D eigenvalue weighted by Crippen LogP contribution is -2.45. The minimum atomic E-state index is -3.51. The summed E-state index contributed by atoms with van der Waals surface area (Å²) in [6, 6.07) is 9.22. The Kier molecular flexibility index (Phi) is 6.74. The zero-order chi connectivity index (χ0) is 20.1. The van der Waals surface area contributed by atoms with Gasteiger partial charge in [0.2, 0.25) is 5.91 Å². The fraction of sp³-hybridized carbons (Fsp3) is 0.450. The Labute approximate surface area is 170 Å². The van der Waals surface area contributed by atoms with Crippen LogP contribution in [0.5, 0.6) is 5.75 Å². The molecule has 1 N–H and O–H groups in total. The van der Waals surface area contributed by atoms with Crippen LogP contribution in [-0.4, -0.2) is 44.9 Å². The Morgan fingerprint density at radius 2 is 2.11 bits per heavy atom. The van der Waals surface area contributed by atoms with Gasteiger partial charge in [0.25, 0.3) is 10.0 Å². The van der Waals surface area contributed by atoms with Crippen molar-refractivity contribution >= 4 is 27.3 Å². The number of piperidine rings is 1. The molecule has 2 aromatic rings. The molecular formula is C20H26N2O4S2. The van der Waals surface area contributed by atoms with Gasteiger partial charge in [0, 0.05) is 13.1 Å². The first-order valence-electron chi connectivity index (χ1n) is 9.40. The van der Waals surface area contributed by atoms with E-state index in [1.54, 1.807) is 17.5 Å². The largest absolute Gasteiger partial charge is 0.491 e. The van der Waals surface area contributed by atoms with E-state index < -0.39 is 10.0 Å². The van der Waals surface area contributed by atoms with Crippen molar-refractivity contribution in [3.63, 3.8) is 0 Å². The highest BCUT2D eigenvalue weighted by Gasteiger charge is 2.33. The van der Waals surface area contributed by atoms with Crippen LogP contribution in [0.25, 0.3) is 0 Å². The van der Waals surface area contributed by atoms with Crippen LogP contribution in [0.1, 0.15) is 24.0 Å². The van der Waals surface area contributed by atoms with E-state index in [0.29, 0.717) is 36.7 Å². The zero-order valence-electron chi connectivity index (χ0n) is 16.2. The molecular weight excluding hydrogens is 396 g/mol. The molecule has 8 heteroatoms. The van der Waals surface area contributed by atoms with Crippen molar-refractivity contribution in [2.75, 3.05) is 26.2 Å². The van der Waals surface area contributed by atoms with Crippen LogP contribution in [0, 0.1) is 19.8 Å². The molecule has 1 aliphatic rings. The Bertz CT molecular complexity index is 910. The van der Waals surface area contributed by atoms with E-state index in [4.69, 9.17) is 4.74 Å². The van der Waals surface area contributed by atoms with E-state index in [0.717, 1.165) is 16.9 Å². The fourth-order valence-electron chi connectivity index (χ4n) is 3.27. The number of sulfonamides is 1. The lowest BCUT2D eigenvalue weighted by Gasteiger charge is -2.30. The molecule has 152 valence electrons. The minimum Gasteiger partial charge on any atom is -0.491 e. The molecule has 0 radical (unpaired) electrons. The van der Waals surface area contributed by atoms with Crippen molar-refractivity contribution in [3.05, 3.63) is 46.8 Å². The fourth-order valence-corrected chi connectivity index (χ4v) is 5.94. The normalized spacial score (nSPS) is 18.0. The van der Waals surface area contributed by atoms with Crippen molar-refractivity contribution < 1.29 is 17.9 Å². The van der Waals surface area contributed by atoms with Crippen molar-refractivity contribution in [1.82, 2.24) is 9.62 Å². The molecule has 0 bridgehead atoms. The summed E-state index contributed by atoms with van der Waals surface area (Å²) in [4.78, 5) is 12.5. The molecule has 1 fully saturated rings. The quantitative estimate of drug-likeness (QED) is 0.696. The second-order valence-corrected chi connectivity index (χ2v) is 10.1. The molecule has 1 aromatic heterocycles. The zero-order valence-corrected chi connectivity index (χ0v) is 17.8. The predicted molar refractivity (Wildman–Crippen MR) is 110 cm³/mol. The maximum atomic E-state index is 12.7. The summed E-state index contributed by atoms with van der Waals surface area (Å²) in [7, 11) is -3.51. The number of rotatable bonds is 7. The highest BCUT2D eigenvalue weighted by Crippen LogP contribution is 2.26. The van der Waals surface area contributed by atoms with Gasteiger partial charge in [-0.05, 0) is 55.3 Å². The lowest BCUT2D eigenvalue weighted by molar-refractivity contribution is -0.126. The first-order chi connectivity index (χ1) is 13.4. The van der Waals surface area contributed by atoms with E-state index in [2.05, 4.69) is 5.32 Å². The average Bonchev–Trinajstić information content (AvgIpc) is 3.24. The van der Waals surface area contributed by atoms with Crippen LogP contribution in [0.3, 0.4) is 0 Å². The highest BCUT2D eigenvalue weighted by atomic mass is 32.2. The van der Waals surface area contributed by atoms with Gasteiger partial charge in [-0.25, -0.2) is 8.42 Å². The standard InChI is InChI=1S/C20H26N2O4S2/c1-15-6-3-8-18(16(15)2)26-12-10-21-20(23)17-7-4-11-22(14-17)28(24,25)19-9-5-13-27-19/h3,5-6,8-9,13,17H,4,7,10-12,14H2,1-2H3,(H,21,23)/t17-/m0/s1. The third-order valence-corrected chi connectivity index (χ3v) is 8.30. The van der Waals surface area contributed by atoms with E-state index in [-0.39, 0.29) is 18.4 Å². The number of ether oxygens (including phenoxy) is 1. The number of nitrogens with one attached hydrogen (secondary N) is 1. The summed E-state index contributed by atoms with van der Waals surface area (Å²) < 4.78 is 32.9. The number of hydrogen-bond acceptors (Lipinski definition) is 5. The van der Waals surface area contributed by atoms with Crippen LogP contribution in [0.4, 0.5) is 0 Å². The predicted octanol–water partition coefficient (Wildman–Crippen LogP) is 2.96. The van der Waals surface area contributed by atoms with Gasteiger partial charge in [0.1, 0.15) is 16.6 Å². The molecule has 1 atom stereocenters. The molecule has 1 aromatic carbocycles. The number of thiophene rings is 1. The topological polar surface area (TPSA) is 75.7 Å². The van der Waals surface area contributed by atoms with Crippen LogP contribution in [-0.2, 0) is 14.8 Å². The number of hydrogen-bond donors (Lipinski definition) is 1. The van der Waals surface area contributed by atoms with Gasteiger partial charge in [-0.2, -0.15) is 4.31 Å². The lowest BCUT2D eigenvalue weighted by atomic mass is 9.99. The minimum absolute atomic E-state index is 0.115. The van der Waals surface area contributed by atoms with Gasteiger partial charge in [-0.3, -0.25) is 4.79 Å². The van der Waals surface area contributed by atoms with Crippen molar-refractivity contribution in [2.45, 2.75) is 30.9 Å². The van der Waals surface area contributed by atoms with E-state index in [1.165, 1.54) is 15.6 Å². The number of carbonyl (C=O) groups is 1. The molecule has 6 nitrogen and oxygen atoms in total. The number of nitrogens with zero attached hydrogens (tertiary/aromatic N) is 1. The van der Waals surface area contributed by atoms with Crippen LogP contribution >= 0.6 is 11.3 Å². The number of aryl methyl sites for hydroxylation is 1. The number of amides is 1. The summed E-state index contributed by atoms with van der Waals surface area (Å²) >= 11 is 1.20. The van der Waals surface area contributed by atoms with Crippen molar-refractivity contribution in [2.24, 2.45) is 5.92 Å². The SMILES string of the molecule is Cc1cccc(OCCNC(=O)[C@H]2CCCN(S(=O)(=O)c3cccs3)C2)c1C. The summed E-state index contributed by atoms with van der Waals surface area (Å²) in [6.07, 6.45) is 1.38. The Balaban J connectivity index is 1.50. The van der Waals surface area contributed by atoms with Crippen LogP contribution in [0.15, 0.2) is 39.9 Å². The summed E-state index contributed by atoms with van der Waals surface area (Å²) in [6.45, 7) is 5.49. The van der Waals surface area contributed by atoms with Crippen molar-refractivity contribution in [1.29, 1.82) is 0 Å². The number of carbonyl (C=O) groups excluding carboxylic acids is 1. The van der Waals surface area contributed by atoms with Gasteiger partial charge in [-0.1, -0.05) is 18.2 Å². The van der Waals surface area contributed by atoms with Crippen LogP contribution < -0.4 is 10.1 Å². The third kappa shape index (κ3) is 4.74. The summed E-state index contributed by atoms with van der Waals surface area (Å²) in [5.74, 6) is 0.375. The Morgan fingerprint density at radius 3 is 2.86 bits per heavy atom. The average molecular weight is 423 g/mol. The Morgan fingerprint density at radius 1 is 1.29 bits per heavy atom. The van der Waals surface area contributed by atoms with Crippen molar-refractivity contribution in [3.8, 4) is 5.75 Å². The molecule has 1 saturated heterocycles. The van der Waals surface area contributed by atoms with E-state index in [1.807, 2.05) is 32.0 Å². The van der Waals surface area contributed by atoms with Crippen LogP contribution in [0.2, 0.25) is 0 Å². The molecule has 3 rings (SSSR count). The van der Waals surface area contributed by atoms with Gasteiger partial charge in [-0.15, -0.1) is 11.3 Å². The first kappa shape index (κ1) is 20.8. The smallest absolute Gasteiger partial charge is 0.252 e. The molecule has 1 aliphatic heterocycles. The molecule has 0 saturated carbocycles. The summed E-state index contributed by atoms with van der Waals surface area (Å²) in [5.41, 5.74) is 2.26. The molecule has 0 unspecified atom stereocenters. The molecule has 28 heavy (non-hydrogen) atoms. The van der Waals surface area contributed by atoms with Gasteiger partial charge < -0.3 is 10.1 Å². The molecule has 0 spiro atoms. The van der Waals surface area contributed by atoms with Gasteiger partial charge in [0.15, 0.2) is 0 Å². The highest BCUT2D eigenvalue weighted by molar-refractivity contribution is 7.91. The molecule has 2 heterocycles. The third-order valence-electron chi connectivity index (χ3n) is 5.06. The monoisotopic (exact) mass is 422 g/mol. The maximum Gasteiger partial charge on any atom is 0.252 e. The van der Waals surface area contributed by atoms with Gasteiger partial charge in [0.05, 0.1) is 12.5 Å². The second kappa shape index (κ2) is 9.07. The summed E-state index contributed by atoms with van der Waals surface area (Å²) in [5, 5.41) is 4.63. The number of benzene rings is 1. The molecule has 1 amide bonds.